The summed E-state index contributed by atoms with van der Waals surface area (Å²) in [5.74, 6) is 1.29. The van der Waals surface area contributed by atoms with E-state index in [-0.39, 0.29) is 5.82 Å². The van der Waals surface area contributed by atoms with Gasteiger partial charge in [0.2, 0.25) is 0 Å². The Bertz CT molecular complexity index is 1220. The van der Waals surface area contributed by atoms with Gasteiger partial charge in [0.15, 0.2) is 0 Å². The zero-order chi connectivity index (χ0) is 25.3. The Balaban J connectivity index is 1.37. The third kappa shape index (κ3) is 6.55. The predicted molar refractivity (Wildman–Crippen MR) is 147 cm³/mol. The molecule has 1 aliphatic rings. The lowest BCUT2D eigenvalue weighted by Gasteiger charge is -2.24. The van der Waals surface area contributed by atoms with Gasteiger partial charge in [0.25, 0.3) is 0 Å². The predicted octanol–water partition coefficient (Wildman–Crippen LogP) is 8.15. The second-order valence-corrected chi connectivity index (χ2v) is 9.55. The van der Waals surface area contributed by atoms with E-state index in [1.165, 1.54) is 49.8 Å². The lowest BCUT2D eigenvalue weighted by molar-refractivity contribution is 0.324. The third-order valence-corrected chi connectivity index (χ3v) is 7.14. The van der Waals surface area contributed by atoms with Crippen molar-refractivity contribution in [2.24, 2.45) is 0 Å². The van der Waals surface area contributed by atoms with Gasteiger partial charge in [-0.25, -0.2) is 4.39 Å². The van der Waals surface area contributed by atoms with Gasteiger partial charge in [0.05, 0.1) is 18.2 Å². The molecule has 4 heteroatoms. The fourth-order valence-corrected chi connectivity index (χ4v) is 5.03. The molecule has 0 bridgehead atoms. The van der Waals surface area contributed by atoms with Crippen molar-refractivity contribution in [2.45, 2.75) is 51.9 Å². The van der Waals surface area contributed by atoms with Gasteiger partial charge in [-0.3, -0.25) is 0 Å². The zero-order valence-electron chi connectivity index (χ0n) is 21.3. The largest absolute Gasteiger partial charge is 0.492 e. The number of rotatable bonds is 9. The molecule has 0 spiro atoms. The quantitative estimate of drug-likeness (QED) is 0.228. The molecule has 186 valence electrons. The molecule has 1 aliphatic carbocycles. The van der Waals surface area contributed by atoms with Crippen molar-refractivity contribution in [3.05, 3.63) is 94.8 Å². The van der Waals surface area contributed by atoms with Crippen LogP contribution in [0.1, 0.15) is 67.2 Å². The van der Waals surface area contributed by atoms with Gasteiger partial charge in [-0.2, -0.15) is 5.26 Å². The average Bonchev–Trinajstić information content (AvgIpc) is 2.91. The van der Waals surface area contributed by atoms with Gasteiger partial charge in [-0.05, 0) is 97.3 Å². The third-order valence-electron chi connectivity index (χ3n) is 7.14. The lowest BCUT2D eigenvalue weighted by atomic mass is 9.84. The molecule has 0 N–H and O–H groups in total. The first-order valence-corrected chi connectivity index (χ1v) is 13.0. The van der Waals surface area contributed by atoms with Crippen molar-refractivity contribution in [3.8, 4) is 11.8 Å². The van der Waals surface area contributed by atoms with E-state index in [1.54, 1.807) is 12.1 Å². The molecule has 0 amide bonds. The number of hydrogen-bond donors (Lipinski definition) is 0. The van der Waals surface area contributed by atoms with Gasteiger partial charge in [-0.1, -0.05) is 49.6 Å². The molecule has 0 radical (unpaired) electrons. The van der Waals surface area contributed by atoms with E-state index in [1.807, 2.05) is 19.1 Å². The molecule has 0 atom stereocenters. The Morgan fingerprint density at radius 3 is 2.50 bits per heavy atom. The molecular formula is C32H35FN2O. The number of likely N-dealkylation sites (N-methyl/N-ethyl adjacent to an activating group) is 1. The van der Waals surface area contributed by atoms with Crippen LogP contribution in [0.3, 0.4) is 0 Å². The van der Waals surface area contributed by atoms with Gasteiger partial charge >= 0.3 is 0 Å². The first kappa shape index (κ1) is 25.5. The highest BCUT2D eigenvalue weighted by atomic mass is 19.1. The summed E-state index contributed by atoms with van der Waals surface area (Å²) in [5, 5.41) is 9.61. The van der Waals surface area contributed by atoms with Crippen LogP contribution in [-0.2, 0) is 0 Å². The van der Waals surface area contributed by atoms with Crippen LogP contribution in [0.15, 0.2) is 66.7 Å². The van der Waals surface area contributed by atoms with Gasteiger partial charge in [0, 0.05) is 12.2 Å². The number of allylic oxidation sites excluding steroid dienone is 1. The molecule has 3 aromatic rings. The summed E-state index contributed by atoms with van der Waals surface area (Å²) < 4.78 is 19.7. The number of halogens is 1. The molecule has 0 saturated heterocycles. The molecule has 0 aliphatic heterocycles. The molecule has 4 rings (SSSR count). The highest BCUT2D eigenvalue weighted by molar-refractivity contribution is 5.90. The number of aryl methyl sites for hydroxylation is 1. The fourth-order valence-electron chi connectivity index (χ4n) is 5.03. The average molecular weight is 483 g/mol. The van der Waals surface area contributed by atoms with Crippen molar-refractivity contribution in [1.82, 2.24) is 0 Å². The van der Waals surface area contributed by atoms with Crippen molar-refractivity contribution >= 4 is 17.3 Å². The van der Waals surface area contributed by atoms with Crippen molar-refractivity contribution < 1.29 is 9.13 Å². The van der Waals surface area contributed by atoms with Gasteiger partial charge < -0.3 is 9.64 Å². The van der Waals surface area contributed by atoms with Gasteiger partial charge in [0.1, 0.15) is 18.2 Å². The maximum Gasteiger partial charge on any atom is 0.123 e. The highest BCUT2D eigenvalue weighted by Gasteiger charge is 2.15. The lowest BCUT2D eigenvalue weighted by Crippen LogP contribution is -2.28. The van der Waals surface area contributed by atoms with Crippen molar-refractivity contribution in [3.63, 3.8) is 0 Å². The first-order chi connectivity index (χ1) is 17.6. The van der Waals surface area contributed by atoms with Crippen LogP contribution in [0.5, 0.6) is 5.75 Å². The van der Waals surface area contributed by atoms with Crippen molar-refractivity contribution in [1.29, 1.82) is 5.26 Å². The van der Waals surface area contributed by atoms with E-state index in [0.717, 1.165) is 35.7 Å². The minimum absolute atomic E-state index is 0.346. The summed E-state index contributed by atoms with van der Waals surface area (Å²) in [4.78, 5) is 2.29. The summed E-state index contributed by atoms with van der Waals surface area (Å²) in [6, 6.07) is 23.3. The Labute approximate surface area is 214 Å². The smallest absolute Gasteiger partial charge is 0.123 e. The molecule has 1 fully saturated rings. The summed E-state index contributed by atoms with van der Waals surface area (Å²) >= 11 is 0. The molecule has 1 saturated carbocycles. The number of nitrogens with zero attached hydrogens (tertiary/aromatic N) is 2. The summed E-state index contributed by atoms with van der Waals surface area (Å²) in [7, 11) is 0. The second kappa shape index (κ2) is 12.4. The maximum atomic E-state index is 13.6. The molecule has 0 heterocycles. The molecule has 3 nitrogen and oxygen atoms in total. The fraction of sp³-hybridized carbons (Fsp3) is 0.344. The Hall–Kier alpha value is -3.58. The summed E-state index contributed by atoms with van der Waals surface area (Å²) in [6.45, 7) is 6.43. The molecule has 36 heavy (non-hydrogen) atoms. The Kier molecular flexibility index (Phi) is 8.79. The van der Waals surface area contributed by atoms with Crippen molar-refractivity contribution in [2.75, 3.05) is 24.6 Å². The number of benzene rings is 3. The van der Waals surface area contributed by atoms with E-state index in [2.05, 4.69) is 54.3 Å². The van der Waals surface area contributed by atoms with E-state index in [0.29, 0.717) is 23.7 Å². The van der Waals surface area contributed by atoms with Crippen LogP contribution in [0.4, 0.5) is 10.1 Å². The Morgan fingerprint density at radius 2 is 1.83 bits per heavy atom. The van der Waals surface area contributed by atoms with Crippen LogP contribution < -0.4 is 9.64 Å². The van der Waals surface area contributed by atoms with Crippen LogP contribution in [-0.4, -0.2) is 19.7 Å². The molecule has 0 aromatic heterocycles. The first-order valence-electron chi connectivity index (χ1n) is 13.0. The summed E-state index contributed by atoms with van der Waals surface area (Å²) in [6.07, 6.45) is 8.51. The topological polar surface area (TPSA) is 36.3 Å². The van der Waals surface area contributed by atoms with E-state index >= 15 is 0 Å². The highest BCUT2D eigenvalue weighted by Crippen LogP contribution is 2.33. The van der Waals surface area contributed by atoms with Gasteiger partial charge in [-0.15, -0.1) is 0 Å². The van der Waals surface area contributed by atoms with Crippen LogP contribution in [0.2, 0.25) is 0 Å². The number of hydrogen-bond acceptors (Lipinski definition) is 3. The number of anilines is 1. The van der Waals surface area contributed by atoms with E-state index in [9.17, 15) is 9.65 Å². The molecule has 0 unspecified atom stereocenters. The van der Waals surface area contributed by atoms with E-state index in [4.69, 9.17) is 4.74 Å². The van der Waals surface area contributed by atoms with Crippen LogP contribution in [0, 0.1) is 24.1 Å². The minimum Gasteiger partial charge on any atom is -0.492 e. The molecular weight excluding hydrogens is 447 g/mol. The second-order valence-electron chi connectivity index (χ2n) is 9.55. The Morgan fingerprint density at radius 1 is 1.06 bits per heavy atom. The SMILES string of the molecule is CCN(CCOc1ccc(C2CCCCC2)cc1)c1ccc(/C=C(\C#N)c2cccc(F)c2)c(C)c1. The summed E-state index contributed by atoms with van der Waals surface area (Å²) in [5.41, 5.74) is 5.60. The minimum atomic E-state index is -0.346. The zero-order valence-corrected chi connectivity index (χ0v) is 21.3. The normalized spacial score (nSPS) is 14.3. The monoisotopic (exact) mass is 482 g/mol. The van der Waals surface area contributed by atoms with Crippen LogP contribution in [0.25, 0.3) is 11.6 Å². The standard InChI is InChI=1S/C32H35FN2O/c1-3-35(18-19-36-32-16-13-26(14-17-32)25-8-5-4-6-9-25)31-15-12-27(24(2)20-31)21-29(23-34)28-10-7-11-30(33)22-28/h7,10-17,20-22,25H,3-6,8-9,18-19H2,1-2H3/b29-21+. The number of ether oxygens (including phenoxy) is 1. The maximum absolute atomic E-state index is 13.6. The molecule has 3 aromatic carbocycles. The number of nitriles is 1. The van der Waals surface area contributed by atoms with Crippen LogP contribution >= 0.6 is 0 Å². The van der Waals surface area contributed by atoms with E-state index < -0.39 is 0 Å².